The van der Waals surface area contributed by atoms with Crippen LogP contribution in [0.2, 0.25) is 0 Å². The molecule has 1 aliphatic rings. The van der Waals surface area contributed by atoms with Crippen molar-refractivity contribution >= 4 is 11.6 Å². The van der Waals surface area contributed by atoms with Gasteiger partial charge in [-0.2, -0.15) is 10.5 Å². The molecule has 3 rings (SSSR count). The summed E-state index contributed by atoms with van der Waals surface area (Å²) in [5.74, 6) is 1.07. The molecule has 6 heteroatoms. The summed E-state index contributed by atoms with van der Waals surface area (Å²) < 4.78 is 6.02. The molecule has 0 aromatic heterocycles. The zero-order chi connectivity index (χ0) is 18.6. The van der Waals surface area contributed by atoms with Gasteiger partial charge in [0, 0.05) is 17.7 Å². The SMILES string of the molecule is CC1(C)C[C@H](N=C(NC#N)Nc2ccccc2)c2cc(C#N)ccc2O1. The van der Waals surface area contributed by atoms with Crippen LogP contribution in [0.3, 0.4) is 0 Å². The molecule has 0 spiro atoms. The van der Waals surface area contributed by atoms with Crippen molar-refractivity contribution in [2.75, 3.05) is 5.32 Å². The van der Waals surface area contributed by atoms with E-state index in [0.717, 1.165) is 11.3 Å². The number of para-hydroxylation sites is 1. The number of hydrogen-bond donors (Lipinski definition) is 2. The number of hydrogen-bond acceptors (Lipinski definition) is 4. The maximum atomic E-state index is 9.19. The van der Waals surface area contributed by atoms with E-state index < -0.39 is 5.60 Å². The lowest BCUT2D eigenvalue weighted by Crippen LogP contribution is -2.36. The summed E-state index contributed by atoms with van der Waals surface area (Å²) in [5, 5.41) is 24.0. The Labute approximate surface area is 152 Å². The molecule has 0 radical (unpaired) electrons. The van der Waals surface area contributed by atoms with Gasteiger partial charge in [-0.1, -0.05) is 18.2 Å². The molecule has 0 fully saturated rings. The molecule has 0 unspecified atom stereocenters. The Hall–Kier alpha value is -3.51. The van der Waals surface area contributed by atoms with Gasteiger partial charge in [-0.3, -0.25) is 5.32 Å². The lowest BCUT2D eigenvalue weighted by molar-refractivity contribution is 0.0732. The third kappa shape index (κ3) is 3.93. The van der Waals surface area contributed by atoms with Crippen molar-refractivity contribution in [2.24, 2.45) is 4.99 Å². The molecule has 2 aromatic rings. The van der Waals surface area contributed by atoms with Gasteiger partial charge in [0.2, 0.25) is 5.96 Å². The average Bonchev–Trinajstić information content (AvgIpc) is 2.61. The Bertz CT molecular complexity index is 906. The molecule has 0 amide bonds. The van der Waals surface area contributed by atoms with Crippen LogP contribution in [0.1, 0.15) is 37.4 Å². The number of rotatable bonds is 2. The Balaban J connectivity index is 1.99. The molecule has 2 N–H and O–H groups in total. The molecule has 26 heavy (non-hydrogen) atoms. The molecular weight excluding hydrogens is 326 g/mol. The number of nitrogens with one attached hydrogen (secondary N) is 2. The van der Waals surface area contributed by atoms with Crippen molar-refractivity contribution in [3.63, 3.8) is 0 Å². The Morgan fingerprint density at radius 1 is 1.19 bits per heavy atom. The van der Waals surface area contributed by atoms with E-state index in [1.165, 1.54) is 0 Å². The Morgan fingerprint density at radius 3 is 2.65 bits per heavy atom. The van der Waals surface area contributed by atoms with Crippen molar-refractivity contribution in [2.45, 2.75) is 31.9 Å². The Kier molecular flexibility index (Phi) is 4.77. The summed E-state index contributed by atoms with van der Waals surface area (Å²) in [6.45, 7) is 4.00. The second kappa shape index (κ2) is 7.16. The van der Waals surface area contributed by atoms with Crippen LogP contribution in [0, 0.1) is 22.8 Å². The minimum Gasteiger partial charge on any atom is -0.487 e. The zero-order valence-corrected chi connectivity index (χ0v) is 14.7. The third-order valence-corrected chi connectivity index (χ3v) is 4.06. The van der Waals surface area contributed by atoms with Crippen LogP contribution in [0.15, 0.2) is 53.5 Å². The van der Waals surface area contributed by atoms with E-state index >= 15 is 0 Å². The summed E-state index contributed by atoms with van der Waals surface area (Å²) in [5.41, 5.74) is 1.82. The van der Waals surface area contributed by atoms with Gasteiger partial charge in [-0.05, 0) is 44.2 Å². The second-order valence-corrected chi connectivity index (χ2v) is 6.65. The molecule has 1 atom stereocenters. The van der Waals surface area contributed by atoms with Crippen LogP contribution in [0.4, 0.5) is 5.69 Å². The van der Waals surface area contributed by atoms with Gasteiger partial charge in [0.05, 0.1) is 17.7 Å². The summed E-state index contributed by atoms with van der Waals surface area (Å²) in [4.78, 5) is 4.72. The number of anilines is 1. The molecule has 1 heterocycles. The normalized spacial score (nSPS) is 17.8. The van der Waals surface area contributed by atoms with Gasteiger partial charge in [0.15, 0.2) is 6.19 Å². The first-order chi connectivity index (χ1) is 12.5. The van der Waals surface area contributed by atoms with E-state index in [0.29, 0.717) is 23.7 Å². The summed E-state index contributed by atoms with van der Waals surface area (Å²) >= 11 is 0. The van der Waals surface area contributed by atoms with Crippen molar-refractivity contribution < 1.29 is 4.74 Å². The van der Waals surface area contributed by atoms with E-state index in [1.807, 2.05) is 50.4 Å². The fourth-order valence-electron chi connectivity index (χ4n) is 2.96. The second-order valence-electron chi connectivity index (χ2n) is 6.65. The zero-order valence-electron chi connectivity index (χ0n) is 14.7. The number of nitrogens with zero attached hydrogens (tertiary/aromatic N) is 3. The van der Waals surface area contributed by atoms with Gasteiger partial charge < -0.3 is 10.1 Å². The first-order valence-corrected chi connectivity index (χ1v) is 8.29. The molecule has 6 nitrogen and oxygen atoms in total. The quantitative estimate of drug-likeness (QED) is 0.375. The van der Waals surface area contributed by atoms with Gasteiger partial charge in [-0.15, -0.1) is 0 Å². The molecule has 0 saturated carbocycles. The summed E-state index contributed by atoms with van der Waals surface area (Å²) in [6, 6.07) is 16.7. The number of ether oxygens (including phenoxy) is 1. The van der Waals surface area contributed by atoms with Gasteiger partial charge in [-0.25, -0.2) is 4.99 Å². The first-order valence-electron chi connectivity index (χ1n) is 8.29. The molecule has 0 bridgehead atoms. The highest BCUT2D eigenvalue weighted by Gasteiger charge is 2.34. The van der Waals surface area contributed by atoms with Crippen molar-refractivity contribution in [3.05, 3.63) is 59.7 Å². The predicted octanol–water partition coefficient (Wildman–Crippen LogP) is 3.70. The highest BCUT2D eigenvalue weighted by atomic mass is 16.5. The van der Waals surface area contributed by atoms with Gasteiger partial charge >= 0.3 is 0 Å². The van der Waals surface area contributed by atoms with E-state index in [2.05, 4.69) is 16.7 Å². The fraction of sp³-hybridized carbons (Fsp3) is 0.250. The van der Waals surface area contributed by atoms with Crippen LogP contribution in [0.25, 0.3) is 0 Å². The molecular formula is C20H19N5O. The highest BCUT2D eigenvalue weighted by molar-refractivity contribution is 5.94. The molecule has 0 saturated heterocycles. The van der Waals surface area contributed by atoms with E-state index in [4.69, 9.17) is 15.0 Å². The third-order valence-electron chi connectivity index (χ3n) is 4.06. The molecule has 130 valence electrons. The standard InChI is InChI=1S/C20H19N5O/c1-20(2)11-17(16-10-14(12-21)8-9-18(16)26-20)25-19(23-13-22)24-15-6-4-3-5-7-15/h3-10,17H,11H2,1-2H3,(H2,23,24,25)/t17-/m0/s1. The van der Waals surface area contributed by atoms with Gasteiger partial charge in [0.1, 0.15) is 11.4 Å². The monoisotopic (exact) mass is 345 g/mol. The fourth-order valence-corrected chi connectivity index (χ4v) is 2.96. The number of benzene rings is 2. The highest BCUT2D eigenvalue weighted by Crippen LogP contribution is 2.41. The van der Waals surface area contributed by atoms with Gasteiger partial charge in [0.25, 0.3) is 0 Å². The smallest absolute Gasteiger partial charge is 0.209 e. The molecule has 2 aromatic carbocycles. The van der Waals surface area contributed by atoms with Crippen LogP contribution in [0.5, 0.6) is 5.75 Å². The van der Waals surface area contributed by atoms with Crippen molar-refractivity contribution in [1.82, 2.24) is 5.32 Å². The topological polar surface area (TPSA) is 93.2 Å². The minimum absolute atomic E-state index is 0.242. The predicted molar refractivity (Wildman–Crippen MR) is 99.5 cm³/mol. The van der Waals surface area contributed by atoms with Crippen molar-refractivity contribution in [3.8, 4) is 18.0 Å². The van der Waals surface area contributed by atoms with Crippen LogP contribution in [-0.4, -0.2) is 11.6 Å². The van der Waals surface area contributed by atoms with E-state index in [1.54, 1.807) is 18.2 Å². The van der Waals surface area contributed by atoms with Crippen LogP contribution >= 0.6 is 0 Å². The minimum atomic E-state index is -0.403. The number of aliphatic imine (C=N–C) groups is 1. The lowest BCUT2D eigenvalue weighted by atomic mass is 9.89. The molecule has 0 aliphatic carbocycles. The van der Waals surface area contributed by atoms with E-state index in [9.17, 15) is 5.26 Å². The number of guanidine groups is 1. The summed E-state index contributed by atoms with van der Waals surface area (Å²) in [6.07, 6.45) is 2.54. The number of nitriles is 2. The van der Waals surface area contributed by atoms with E-state index in [-0.39, 0.29) is 6.04 Å². The molecule has 1 aliphatic heterocycles. The van der Waals surface area contributed by atoms with Crippen LogP contribution in [-0.2, 0) is 0 Å². The average molecular weight is 345 g/mol. The maximum Gasteiger partial charge on any atom is 0.209 e. The maximum absolute atomic E-state index is 9.19. The summed E-state index contributed by atoms with van der Waals surface area (Å²) in [7, 11) is 0. The number of fused-ring (bicyclic) bond motifs is 1. The largest absolute Gasteiger partial charge is 0.487 e. The van der Waals surface area contributed by atoms with Crippen LogP contribution < -0.4 is 15.4 Å². The van der Waals surface area contributed by atoms with Crippen molar-refractivity contribution in [1.29, 1.82) is 10.5 Å². The lowest BCUT2D eigenvalue weighted by Gasteiger charge is -2.36. The first kappa shape index (κ1) is 17.3. The Morgan fingerprint density at radius 2 is 1.96 bits per heavy atom.